The van der Waals surface area contributed by atoms with Gasteiger partial charge in [0.1, 0.15) is 0 Å². The summed E-state index contributed by atoms with van der Waals surface area (Å²) in [6, 6.07) is 9.19. The second-order valence-electron chi connectivity index (χ2n) is 4.05. The molecule has 98 valence electrons. The van der Waals surface area contributed by atoms with Crippen LogP contribution >= 0.6 is 0 Å². The Bertz CT molecular complexity index is 392. The van der Waals surface area contributed by atoms with Gasteiger partial charge < -0.3 is 16.4 Å². The van der Waals surface area contributed by atoms with Crippen molar-refractivity contribution in [2.45, 2.75) is 19.4 Å². The average Bonchev–Trinajstić information content (AvgIpc) is 2.35. The molecule has 2 amide bonds. The summed E-state index contributed by atoms with van der Waals surface area (Å²) in [5.74, 6) is -0.220. The highest BCUT2D eigenvalue weighted by Gasteiger charge is 2.10. The van der Waals surface area contributed by atoms with E-state index >= 15 is 0 Å². The van der Waals surface area contributed by atoms with Crippen LogP contribution in [0, 0.1) is 0 Å². The number of nitrogens with one attached hydrogen (secondary N) is 2. The van der Waals surface area contributed by atoms with Crippen molar-refractivity contribution in [3.8, 4) is 0 Å². The summed E-state index contributed by atoms with van der Waals surface area (Å²) in [5.41, 5.74) is 6.86. The highest BCUT2D eigenvalue weighted by atomic mass is 16.2. The fourth-order valence-corrected chi connectivity index (χ4v) is 1.53. The van der Waals surface area contributed by atoms with Gasteiger partial charge in [-0.1, -0.05) is 30.3 Å². The normalized spacial score (nSPS) is 11.7. The van der Waals surface area contributed by atoms with Gasteiger partial charge in [0.25, 0.3) is 0 Å². The number of carbonyl (C=O) groups is 2. The lowest BCUT2D eigenvalue weighted by Gasteiger charge is -2.12. The minimum Gasteiger partial charge on any atom is -0.355 e. The van der Waals surface area contributed by atoms with Gasteiger partial charge in [0.2, 0.25) is 11.8 Å². The van der Waals surface area contributed by atoms with E-state index in [1.807, 2.05) is 30.3 Å². The van der Waals surface area contributed by atoms with Crippen molar-refractivity contribution in [2.24, 2.45) is 5.73 Å². The number of hydrogen-bond acceptors (Lipinski definition) is 3. The first-order chi connectivity index (χ1) is 8.59. The predicted octanol–water partition coefficient (Wildman–Crippen LogP) is 0.329. The van der Waals surface area contributed by atoms with Crippen LogP contribution in [0.1, 0.15) is 24.9 Å². The zero-order chi connectivity index (χ0) is 13.4. The molecule has 0 aliphatic carbocycles. The Morgan fingerprint density at radius 1 is 1.17 bits per heavy atom. The average molecular weight is 249 g/mol. The number of benzene rings is 1. The molecule has 0 saturated heterocycles. The smallest absolute Gasteiger partial charge is 0.221 e. The van der Waals surface area contributed by atoms with Gasteiger partial charge >= 0.3 is 0 Å². The van der Waals surface area contributed by atoms with Gasteiger partial charge in [-0.3, -0.25) is 9.59 Å². The van der Waals surface area contributed by atoms with E-state index < -0.39 is 0 Å². The summed E-state index contributed by atoms with van der Waals surface area (Å²) in [6.07, 6.45) is 0.240. The molecular weight excluding hydrogens is 230 g/mol. The van der Waals surface area contributed by atoms with Crippen molar-refractivity contribution in [3.05, 3.63) is 35.9 Å². The summed E-state index contributed by atoms with van der Waals surface area (Å²) in [7, 11) is 0. The molecule has 18 heavy (non-hydrogen) atoms. The van der Waals surface area contributed by atoms with Crippen molar-refractivity contribution in [2.75, 3.05) is 13.1 Å². The molecule has 0 aromatic heterocycles. The van der Waals surface area contributed by atoms with E-state index in [0.717, 1.165) is 5.56 Å². The minimum absolute atomic E-state index is 0.106. The lowest BCUT2D eigenvalue weighted by Crippen LogP contribution is -2.34. The molecule has 1 unspecified atom stereocenters. The van der Waals surface area contributed by atoms with Gasteiger partial charge in [0, 0.05) is 32.5 Å². The van der Waals surface area contributed by atoms with Gasteiger partial charge in [-0.05, 0) is 5.56 Å². The standard InChI is InChI=1S/C13H19N3O2/c1-10(17)15-7-8-16-13(18)9-12(14)11-5-3-2-4-6-11/h2-6,12H,7-9,14H2,1H3,(H,15,17)(H,16,18). The monoisotopic (exact) mass is 249 g/mol. The zero-order valence-electron chi connectivity index (χ0n) is 10.5. The third-order valence-electron chi connectivity index (χ3n) is 2.45. The topological polar surface area (TPSA) is 84.2 Å². The number of rotatable bonds is 6. The van der Waals surface area contributed by atoms with Crippen LogP contribution in [-0.4, -0.2) is 24.9 Å². The van der Waals surface area contributed by atoms with Crippen molar-refractivity contribution in [1.82, 2.24) is 10.6 Å². The first-order valence-corrected chi connectivity index (χ1v) is 5.91. The second kappa shape index (κ2) is 7.45. The van der Waals surface area contributed by atoms with Crippen LogP contribution in [-0.2, 0) is 9.59 Å². The Morgan fingerprint density at radius 3 is 2.39 bits per heavy atom. The van der Waals surface area contributed by atoms with Crippen LogP contribution in [0.15, 0.2) is 30.3 Å². The quantitative estimate of drug-likeness (QED) is 0.635. The third kappa shape index (κ3) is 5.45. The second-order valence-corrected chi connectivity index (χ2v) is 4.05. The van der Waals surface area contributed by atoms with Gasteiger partial charge in [0.05, 0.1) is 0 Å². The fraction of sp³-hybridized carbons (Fsp3) is 0.385. The van der Waals surface area contributed by atoms with Crippen molar-refractivity contribution in [1.29, 1.82) is 0 Å². The molecule has 0 saturated carbocycles. The Balaban J connectivity index is 2.26. The summed E-state index contributed by atoms with van der Waals surface area (Å²) in [4.78, 5) is 22.2. The zero-order valence-corrected chi connectivity index (χ0v) is 10.5. The van der Waals surface area contributed by atoms with Crippen molar-refractivity contribution < 1.29 is 9.59 Å². The molecule has 0 bridgehead atoms. The highest BCUT2D eigenvalue weighted by molar-refractivity contribution is 5.77. The molecule has 0 aliphatic heterocycles. The maximum atomic E-state index is 11.6. The molecule has 0 spiro atoms. The summed E-state index contributed by atoms with van der Waals surface area (Å²) >= 11 is 0. The van der Waals surface area contributed by atoms with E-state index in [1.54, 1.807) is 0 Å². The molecule has 5 nitrogen and oxygen atoms in total. The first kappa shape index (κ1) is 14.2. The Hall–Kier alpha value is -1.88. The van der Waals surface area contributed by atoms with Crippen molar-refractivity contribution in [3.63, 3.8) is 0 Å². The van der Waals surface area contributed by atoms with E-state index in [9.17, 15) is 9.59 Å². The lowest BCUT2D eigenvalue weighted by molar-refractivity contribution is -0.122. The predicted molar refractivity (Wildman–Crippen MR) is 69.7 cm³/mol. The summed E-state index contributed by atoms with van der Waals surface area (Å²) < 4.78 is 0. The van der Waals surface area contributed by atoms with Crippen LogP contribution in [0.5, 0.6) is 0 Å². The van der Waals surface area contributed by atoms with E-state index in [1.165, 1.54) is 6.92 Å². The Kier molecular flexibility index (Phi) is 5.87. The highest BCUT2D eigenvalue weighted by Crippen LogP contribution is 2.12. The Morgan fingerprint density at radius 2 is 1.78 bits per heavy atom. The lowest BCUT2D eigenvalue weighted by atomic mass is 10.0. The summed E-state index contributed by atoms with van der Waals surface area (Å²) in [6.45, 7) is 2.29. The van der Waals surface area contributed by atoms with Crippen LogP contribution < -0.4 is 16.4 Å². The van der Waals surface area contributed by atoms with Crippen LogP contribution in [0.4, 0.5) is 0 Å². The van der Waals surface area contributed by atoms with Crippen LogP contribution in [0.25, 0.3) is 0 Å². The van der Waals surface area contributed by atoms with Crippen LogP contribution in [0.2, 0.25) is 0 Å². The number of nitrogens with two attached hydrogens (primary N) is 1. The molecule has 4 N–H and O–H groups in total. The molecule has 5 heteroatoms. The maximum absolute atomic E-state index is 11.6. The SMILES string of the molecule is CC(=O)NCCNC(=O)CC(N)c1ccccc1. The molecule has 0 aliphatic rings. The molecule has 0 radical (unpaired) electrons. The van der Waals surface area contributed by atoms with Gasteiger partial charge in [0.15, 0.2) is 0 Å². The third-order valence-corrected chi connectivity index (χ3v) is 2.45. The van der Waals surface area contributed by atoms with Gasteiger partial charge in [-0.25, -0.2) is 0 Å². The van der Waals surface area contributed by atoms with E-state index in [2.05, 4.69) is 10.6 Å². The van der Waals surface area contributed by atoms with E-state index in [0.29, 0.717) is 13.1 Å². The molecule has 1 aromatic rings. The molecule has 1 atom stereocenters. The van der Waals surface area contributed by atoms with Gasteiger partial charge in [-0.2, -0.15) is 0 Å². The Labute approximate surface area is 107 Å². The number of carbonyl (C=O) groups excluding carboxylic acids is 2. The number of hydrogen-bond donors (Lipinski definition) is 3. The van der Waals surface area contributed by atoms with Gasteiger partial charge in [-0.15, -0.1) is 0 Å². The first-order valence-electron chi connectivity index (χ1n) is 5.91. The fourth-order valence-electron chi connectivity index (χ4n) is 1.53. The van der Waals surface area contributed by atoms with Crippen LogP contribution in [0.3, 0.4) is 0 Å². The molecule has 0 heterocycles. The van der Waals surface area contributed by atoms with E-state index in [-0.39, 0.29) is 24.3 Å². The molecule has 1 rings (SSSR count). The molecule has 1 aromatic carbocycles. The maximum Gasteiger partial charge on any atom is 0.221 e. The van der Waals surface area contributed by atoms with Crippen molar-refractivity contribution >= 4 is 11.8 Å². The van der Waals surface area contributed by atoms with E-state index in [4.69, 9.17) is 5.73 Å². The largest absolute Gasteiger partial charge is 0.355 e. The number of amides is 2. The molecular formula is C13H19N3O2. The summed E-state index contributed by atoms with van der Waals surface area (Å²) in [5, 5.41) is 5.31. The molecule has 0 fully saturated rings. The minimum atomic E-state index is -0.299.